The van der Waals surface area contributed by atoms with Crippen LogP contribution in [0.2, 0.25) is 5.02 Å². The fourth-order valence-electron chi connectivity index (χ4n) is 5.36. The number of nitrogens with one attached hydrogen (secondary N) is 1. The van der Waals surface area contributed by atoms with E-state index in [1.54, 1.807) is 0 Å². The third-order valence-electron chi connectivity index (χ3n) is 5.89. The summed E-state index contributed by atoms with van der Waals surface area (Å²) >= 11 is 5.90. The van der Waals surface area contributed by atoms with Crippen molar-refractivity contribution < 1.29 is 4.79 Å². The maximum absolute atomic E-state index is 12.8. The molecule has 112 valence electrons. The Kier molecular flexibility index (Phi) is 3.25. The molecule has 2 nitrogen and oxygen atoms in total. The molecule has 0 atom stereocenters. The normalized spacial score (nSPS) is 36.7. The fourth-order valence-corrected chi connectivity index (χ4v) is 5.49. The molecule has 5 rings (SSSR count). The van der Waals surface area contributed by atoms with Crippen LogP contribution in [0.5, 0.6) is 0 Å². The van der Waals surface area contributed by atoms with Crippen molar-refractivity contribution in [3.05, 3.63) is 34.9 Å². The summed E-state index contributed by atoms with van der Waals surface area (Å²) in [6.07, 6.45) is 7.53. The first-order chi connectivity index (χ1) is 10.1. The van der Waals surface area contributed by atoms with Gasteiger partial charge in [-0.25, -0.2) is 0 Å². The maximum atomic E-state index is 12.8. The average Bonchev–Trinajstić information content (AvgIpc) is 2.45. The molecule has 21 heavy (non-hydrogen) atoms. The molecule has 4 saturated carbocycles. The molecule has 1 aromatic rings. The molecule has 4 aliphatic rings. The Balaban J connectivity index is 1.44. The summed E-state index contributed by atoms with van der Waals surface area (Å²) in [7, 11) is 0. The summed E-state index contributed by atoms with van der Waals surface area (Å²) in [5.74, 6) is 2.75. The van der Waals surface area contributed by atoms with E-state index in [0.29, 0.717) is 12.5 Å². The third-order valence-corrected chi connectivity index (χ3v) is 6.14. The van der Waals surface area contributed by atoms with Crippen LogP contribution < -0.4 is 5.32 Å². The lowest BCUT2D eigenvalue weighted by Crippen LogP contribution is -2.53. The molecule has 0 unspecified atom stereocenters. The predicted molar refractivity (Wildman–Crippen MR) is 83.9 cm³/mol. The van der Waals surface area contributed by atoms with E-state index in [9.17, 15) is 4.79 Å². The van der Waals surface area contributed by atoms with Gasteiger partial charge in [0.25, 0.3) is 0 Å². The molecule has 0 aromatic heterocycles. The minimum atomic E-state index is -0.0405. The van der Waals surface area contributed by atoms with Gasteiger partial charge in [-0.1, -0.05) is 23.7 Å². The second-order valence-corrected chi connectivity index (χ2v) is 7.94. The lowest BCUT2D eigenvalue weighted by atomic mass is 9.49. The first kappa shape index (κ1) is 13.6. The Morgan fingerprint density at radius 2 is 1.57 bits per heavy atom. The molecule has 4 bridgehead atoms. The number of amides is 1. The zero-order valence-corrected chi connectivity index (χ0v) is 13.0. The standard InChI is InChI=1S/C18H22ClNO/c19-16-3-1-12(2-4-16)11-20-17(21)18-8-13-5-14(9-18)7-15(6-13)10-18/h1-4,13-15H,5-11H2,(H,20,21). The van der Waals surface area contributed by atoms with Crippen molar-refractivity contribution in [1.29, 1.82) is 0 Å². The number of carbonyl (C=O) groups excluding carboxylic acids is 1. The fraction of sp³-hybridized carbons (Fsp3) is 0.611. The van der Waals surface area contributed by atoms with Gasteiger partial charge in [0.1, 0.15) is 0 Å². The Hall–Kier alpha value is -1.02. The maximum Gasteiger partial charge on any atom is 0.226 e. The first-order valence-electron chi connectivity index (χ1n) is 8.16. The second kappa shape index (κ2) is 5.01. The summed E-state index contributed by atoms with van der Waals surface area (Å²) in [6.45, 7) is 0.623. The van der Waals surface area contributed by atoms with Gasteiger partial charge in [0.05, 0.1) is 0 Å². The summed E-state index contributed by atoms with van der Waals surface area (Å²) < 4.78 is 0. The Labute approximate surface area is 131 Å². The monoisotopic (exact) mass is 303 g/mol. The van der Waals surface area contributed by atoms with Gasteiger partial charge in [0.15, 0.2) is 0 Å². The highest BCUT2D eigenvalue weighted by molar-refractivity contribution is 6.30. The van der Waals surface area contributed by atoms with Crippen LogP contribution in [0.15, 0.2) is 24.3 Å². The van der Waals surface area contributed by atoms with Crippen molar-refractivity contribution in [2.75, 3.05) is 0 Å². The molecule has 0 radical (unpaired) electrons. The highest BCUT2D eigenvalue weighted by atomic mass is 35.5. The Morgan fingerprint density at radius 3 is 2.10 bits per heavy atom. The third kappa shape index (κ3) is 2.48. The molecule has 4 aliphatic carbocycles. The van der Waals surface area contributed by atoms with Crippen molar-refractivity contribution >= 4 is 17.5 Å². The van der Waals surface area contributed by atoms with Gasteiger partial charge in [0, 0.05) is 17.0 Å². The topological polar surface area (TPSA) is 29.1 Å². The number of benzene rings is 1. The zero-order valence-electron chi connectivity index (χ0n) is 12.3. The largest absolute Gasteiger partial charge is 0.352 e. The number of hydrogen-bond donors (Lipinski definition) is 1. The van der Waals surface area contributed by atoms with Gasteiger partial charge in [0.2, 0.25) is 5.91 Å². The van der Waals surface area contributed by atoms with Crippen LogP contribution in [-0.2, 0) is 11.3 Å². The quantitative estimate of drug-likeness (QED) is 0.892. The molecule has 0 saturated heterocycles. The number of hydrogen-bond acceptors (Lipinski definition) is 1. The lowest BCUT2D eigenvalue weighted by Gasteiger charge is -2.55. The Morgan fingerprint density at radius 1 is 1.05 bits per heavy atom. The van der Waals surface area contributed by atoms with E-state index in [2.05, 4.69) is 5.32 Å². The van der Waals surface area contributed by atoms with Crippen LogP contribution in [0.4, 0.5) is 0 Å². The molecule has 3 heteroatoms. The van der Waals surface area contributed by atoms with Gasteiger partial charge >= 0.3 is 0 Å². The highest BCUT2D eigenvalue weighted by Gasteiger charge is 2.54. The van der Waals surface area contributed by atoms with E-state index in [-0.39, 0.29) is 5.41 Å². The number of halogens is 1. The van der Waals surface area contributed by atoms with Crippen molar-refractivity contribution in [3.63, 3.8) is 0 Å². The van der Waals surface area contributed by atoms with Crippen molar-refractivity contribution in [2.45, 2.75) is 45.1 Å². The molecule has 0 heterocycles. The van der Waals surface area contributed by atoms with Crippen LogP contribution in [0.3, 0.4) is 0 Å². The molecule has 4 fully saturated rings. The van der Waals surface area contributed by atoms with E-state index in [4.69, 9.17) is 11.6 Å². The molecule has 1 aromatic carbocycles. The summed E-state index contributed by atoms with van der Waals surface area (Å²) in [4.78, 5) is 12.8. The molecule has 1 N–H and O–H groups in total. The zero-order chi connectivity index (χ0) is 14.4. The lowest BCUT2D eigenvalue weighted by molar-refractivity contribution is -0.146. The minimum Gasteiger partial charge on any atom is -0.352 e. The van der Waals surface area contributed by atoms with E-state index >= 15 is 0 Å². The van der Waals surface area contributed by atoms with Gasteiger partial charge in [-0.3, -0.25) is 4.79 Å². The van der Waals surface area contributed by atoms with E-state index in [0.717, 1.165) is 47.6 Å². The van der Waals surface area contributed by atoms with Gasteiger partial charge in [-0.05, 0) is 74.0 Å². The van der Waals surface area contributed by atoms with E-state index in [1.165, 1.54) is 19.3 Å². The number of rotatable bonds is 3. The van der Waals surface area contributed by atoms with Crippen LogP contribution in [0, 0.1) is 23.2 Å². The molecule has 0 spiro atoms. The SMILES string of the molecule is O=C(NCc1ccc(Cl)cc1)C12CC3CC(CC(C3)C1)C2. The van der Waals surface area contributed by atoms with Crippen molar-refractivity contribution in [2.24, 2.45) is 23.2 Å². The smallest absolute Gasteiger partial charge is 0.226 e. The minimum absolute atomic E-state index is 0.0405. The molecular formula is C18H22ClNO. The summed E-state index contributed by atoms with van der Waals surface area (Å²) in [5.41, 5.74) is 1.08. The first-order valence-corrected chi connectivity index (χ1v) is 8.53. The molecule has 0 aliphatic heterocycles. The molecular weight excluding hydrogens is 282 g/mol. The summed E-state index contributed by atoms with van der Waals surface area (Å²) in [5, 5.41) is 3.94. The highest BCUT2D eigenvalue weighted by Crippen LogP contribution is 2.60. The van der Waals surface area contributed by atoms with Gasteiger partial charge in [-0.2, -0.15) is 0 Å². The van der Waals surface area contributed by atoms with Crippen molar-refractivity contribution in [3.8, 4) is 0 Å². The summed E-state index contributed by atoms with van der Waals surface area (Å²) in [6, 6.07) is 7.74. The second-order valence-electron chi connectivity index (χ2n) is 7.51. The van der Waals surface area contributed by atoms with Crippen LogP contribution in [0.1, 0.15) is 44.1 Å². The van der Waals surface area contributed by atoms with Gasteiger partial charge < -0.3 is 5.32 Å². The molecule has 1 amide bonds. The van der Waals surface area contributed by atoms with Gasteiger partial charge in [-0.15, -0.1) is 0 Å². The van der Waals surface area contributed by atoms with Crippen molar-refractivity contribution in [1.82, 2.24) is 5.32 Å². The predicted octanol–water partition coefficient (Wildman–Crippen LogP) is 4.17. The van der Waals surface area contributed by atoms with Crippen LogP contribution in [-0.4, -0.2) is 5.91 Å². The average molecular weight is 304 g/mol. The van der Waals surface area contributed by atoms with Crippen LogP contribution >= 0.6 is 11.6 Å². The number of carbonyl (C=O) groups is 1. The van der Waals surface area contributed by atoms with E-state index in [1.807, 2.05) is 24.3 Å². The van der Waals surface area contributed by atoms with Crippen LogP contribution in [0.25, 0.3) is 0 Å². The Bertz CT molecular complexity index is 516. The van der Waals surface area contributed by atoms with E-state index < -0.39 is 0 Å².